The van der Waals surface area contributed by atoms with Crippen LogP contribution in [0.15, 0.2) is 36.5 Å². The molecule has 5 atom stereocenters. The second kappa shape index (κ2) is 11.8. The van der Waals surface area contributed by atoms with Gasteiger partial charge in [0.05, 0.1) is 29.1 Å². The molecular weight excluding hydrogens is 532 g/mol. The van der Waals surface area contributed by atoms with Gasteiger partial charge in [-0.25, -0.2) is 10.4 Å². The van der Waals surface area contributed by atoms with Gasteiger partial charge in [-0.05, 0) is 71.2 Å². The van der Waals surface area contributed by atoms with Crippen molar-refractivity contribution < 1.29 is 19.1 Å². The molecule has 11 heteroatoms. The standard InChI is InChI=1S/C29H35ClN6O4/c1-16-11-20(14-32-27(16)40-23-12-17(2)34-35-26(23)38)25(37)33-18(3)28(39)36-22(19-7-6-8-21(30)13-19)9-10-24(36)29(4,5)15-31/h6-8,11,13-14,17-18,22-24,34H,9-10,12H2,1-5H3,(H,33,37)(H,35,38)/t17?,18-,22+,23?,24-/m1/s1. The average molecular weight is 567 g/mol. The number of carbonyl (C=O) groups is 3. The van der Waals surface area contributed by atoms with Gasteiger partial charge in [0.15, 0.2) is 6.10 Å². The molecule has 2 fully saturated rings. The summed E-state index contributed by atoms with van der Waals surface area (Å²) in [6, 6.07) is 9.93. The van der Waals surface area contributed by atoms with Gasteiger partial charge in [-0.2, -0.15) is 5.26 Å². The van der Waals surface area contributed by atoms with Gasteiger partial charge in [-0.3, -0.25) is 19.8 Å². The van der Waals surface area contributed by atoms with E-state index in [1.807, 2.05) is 39.0 Å². The Balaban J connectivity index is 1.50. The van der Waals surface area contributed by atoms with Crippen LogP contribution in [-0.2, 0) is 9.59 Å². The summed E-state index contributed by atoms with van der Waals surface area (Å²) in [5.41, 5.74) is 6.38. The van der Waals surface area contributed by atoms with Gasteiger partial charge >= 0.3 is 0 Å². The molecule has 1 aromatic heterocycles. The number of hydrogen-bond donors (Lipinski definition) is 3. The van der Waals surface area contributed by atoms with E-state index in [0.29, 0.717) is 29.8 Å². The average Bonchev–Trinajstić information content (AvgIpc) is 3.37. The molecule has 2 aliphatic heterocycles. The number of rotatable bonds is 7. The summed E-state index contributed by atoms with van der Waals surface area (Å²) in [6.45, 7) is 8.96. The van der Waals surface area contributed by atoms with E-state index in [-0.39, 0.29) is 41.4 Å². The number of amides is 3. The minimum atomic E-state index is -0.861. The van der Waals surface area contributed by atoms with Crippen LogP contribution in [-0.4, -0.2) is 51.8 Å². The molecule has 40 heavy (non-hydrogen) atoms. The lowest BCUT2D eigenvalue weighted by atomic mass is 9.84. The van der Waals surface area contributed by atoms with Gasteiger partial charge in [0.1, 0.15) is 6.04 Å². The molecule has 3 amide bonds. The van der Waals surface area contributed by atoms with Crippen LogP contribution in [0.1, 0.15) is 74.5 Å². The smallest absolute Gasteiger partial charge is 0.275 e. The van der Waals surface area contributed by atoms with Crippen LogP contribution in [0.4, 0.5) is 0 Å². The van der Waals surface area contributed by atoms with Crippen molar-refractivity contribution in [3.63, 3.8) is 0 Å². The summed E-state index contributed by atoms with van der Waals surface area (Å²) in [7, 11) is 0. The third-order valence-corrected chi connectivity index (χ3v) is 7.80. The number of pyridine rings is 1. The maximum Gasteiger partial charge on any atom is 0.275 e. The van der Waals surface area contributed by atoms with E-state index in [4.69, 9.17) is 16.3 Å². The van der Waals surface area contributed by atoms with Crippen molar-refractivity contribution in [3.8, 4) is 11.9 Å². The van der Waals surface area contributed by atoms with Crippen molar-refractivity contribution >= 4 is 29.3 Å². The SMILES string of the molecule is Cc1cc(C(=O)N[C@H](C)C(=O)N2[C@H](c3cccc(Cl)c3)CC[C@@H]2C(C)(C)C#N)cnc1OC1CC(C)NNC1=O. The van der Waals surface area contributed by atoms with Crippen LogP contribution >= 0.6 is 11.6 Å². The Labute approximate surface area is 239 Å². The maximum atomic E-state index is 13.8. The molecule has 2 aromatic rings. The van der Waals surface area contributed by atoms with E-state index in [9.17, 15) is 19.6 Å². The minimum Gasteiger partial charge on any atom is -0.464 e. The first-order valence-corrected chi connectivity index (χ1v) is 13.8. The Morgan fingerprint density at radius 1 is 1.30 bits per heavy atom. The third kappa shape index (κ3) is 6.21. The number of aromatic nitrogens is 1. The highest BCUT2D eigenvalue weighted by molar-refractivity contribution is 6.30. The fraction of sp³-hybridized carbons (Fsp3) is 0.483. The molecule has 0 radical (unpaired) electrons. The molecule has 2 saturated heterocycles. The molecular formula is C29H35ClN6O4. The van der Waals surface area contributed by atoms with Gasteiger partial charge in [0, 0.05) is 29.2 Å². The largest absolute Gasteiger partial charge is 0.464 e. The number of benzene rings is 1. The van der Waals surface area contributed by atoms with Crippen molar-refractivity contribution in [2.75, 3.05) is 0 Å². The fourth-order valence-electron chi connectivity index (χ4n) is 5.32. The van der Waals surface area contributed by atoms with Crippen molar-refractivity contribution in [1.29, 1.82) is 5.26 Å². The van der Waals surface area contributed by atoms with E-state index >= 15 is 0 Å². The zero-order valence-electron chi connectivity index (χ0n) is 23.3. The van der Waals surface area contributed by atoms with Gasteiger partial charge in [-0.1, -0.05) is 23.7 Å². The number of nitriles is 1. The molecule has 4 rings (SSSR count). The Bertz CT molecular complexity index is 1340. The number of nitrogens with zero attached hydrogens (tertiary/aromatic N) is 3. The van der Waals surface area contributed by atoms with Crippen LogP contribution in [0.25, 0.3) is 0 Å². The number of halogens is 1. The Kier molecular flexibility index (Phi) is 8.66. The Hall–Kier alpha value is -3.68. The first-order valence-electron chi connectivity index (χ1n) is 13.4. The lowest BCUT2D eigenvalue weighted by Crippen LogP contribution is -2.56. The molecule has 0 saturated carbocycles. The van der Waals surface area contributed by atoms with Gasteiger partial charge in [0.25, 0.3) is 11.8 Å². The number of likely N-dealkylation sites (tertiary alicyclic amines) is 1. The van der Waals surface area contributed by atoms with Crippen LogP contribution < -0.4 is 20.9 Å². The molecule has 1 aromatic carbocycles. The van der Waals surface area contributed by atoms with Gasteiger partial charge < -0.3 is 15.0 Å². The number of hydrogen-bond acceptors (Lipinski definition) is 7. The molecule has 3 N–H and O–H groups in total. The first-order chi connectivity index (χ1) is 18.9. The Morgan fingerprint density at radius 3 is 2.73 bits per heavy atom. The predicted octanol–water partition coefficient (Wildman–Crippen LogP) is 3.60. The highest BCUT2D eigenvalue weighted by Gasteiger charge is 2.46. The van der Waals surface area contributed by atoms with Crippen LogP contribution in [0, 0.1) is 23.7 Å². The predicted molar refractivity (Wildman–Crippen MR) is 149 cm³/mol. The maximum absolute atomic E-state index is 13.8. The monoisotopic (exact) mass is 566 g/mol. The molecule has 212 valence electrons. The summed E-state index contributed by atoms with van der Waals surface area (Å²) in [6.07, 6.45) is 2.48. The Morgan fingerprint density at radius 2 is 2.05 bits per heavy atom. The zero-order chi connectivity index (χ0) is 29.2. The quantitative estimate of drug-likeness (QED) is 0.466. The summed E-state index contributed by atoms with van der Waals surface area (Å²) in [4.78, 5) is 45.1. The second-order valence-electron chi connectivity index (χ2n) is 11.2. The highest BCUT2D eigenvalue weighted by atomic mass is 35.5. The summed E-state index contributed by atoms with van der Waals surface area (Å²) in [5.74, 6) is -0.770. The first kappa shape index (κ1) is 29.3. The molecule has 3 heterocycles. The molecule has 0 bridgehead atoms. The molecule has 0 aliphatic carbocycles. The third-order valence-electron chi connectivity index (χ3n) is 7.56. The summed E-state index contributed by atoms with van der Waals surface area (Å²) in [5, 5.41) is 13.2. The lowest BCUT2D eigenvalue weighted by molar-refractivity contribution is -0.137. The fourth-order valence-corrected chi connectivity index (χ4v) is 5.51. The highest BCUT2D eigenvalue weighted by Crippen LogP contribution is 2.43. The zero-order valence-corrected chi connectivity index (χ0v) is 24.1. The molecule has 0 spiro atoms. The number of carbonyl (C=O) groups excluding carboxylic acids is 3. The number of ether oxygens (including phenoxy) is 1. The van der Waals surface area contributed by atoms with E-state index in [1.165, 1.54) is 6.20 Å². The van der Waals surface area contributed by atoms with Crippen LogP contribution in [0.5, 0.6) is 5.88 Å². The number of aryl methyl sites for hydroxylation is 1. The molecule has 2 aliphatic rings. The van der Waals surface area contributed by atoms with Crippen molar-refractivity contribution in [2.24, 2.45) is 5.41 Å². The van der Waals surface area contributed by atoms with Crippen LogP contribution in [0.3, 0.4) is 0 Å². The van der Waals surface area contributed by atoms with Crippen molar-refractivity contribution in [3.05, 3.63) is 58.2 Å². The van der Waals surface area contributed by atoms with Gasteiger partial charge in [-0.15, -0.1) is 0 Å². The van der Waals surface area contributed by atoms with Crippen molar-refractivity contribution in [2.45, 2.75) is 84.2 Å². The lowest BCUT2D eigenvalue weighted by Gasteiger charge is -2.38. The summed E-state index contributed by atoms with van der Waals surface area (Å²) < 4.78 is 5.82. The molecule has 2 unspecified atom stereocenters. The number of nitrogens with one attached hydrogen (secondary N) is 3. The normalized spacial score (nSPS) is 23.6. The minimum absolute atomic E-state index is 0.0412. The topological polar surface area (TPSA) is 136 Å². The van der Waals surface area contributed by atoms with Gasteiger partial charge in [0.2, 0.25) is 11.8 Å². The van der Waals surface area contributed by atoms with Crippen molar-refractivity contribution in [1.82, 2.24) is 26.1 Å². The van der Waals surface area contributed by atoms with E-state index in [2.05, 4.69) is 27.2 Å². The van der Waals surface area contributed by atoms with E-state index < -0.39 is 23.5 Å². The van der Waals surface area contributed by atoms with E-state index in [1.54, 1.807) is 30.9 Å². The van der Waals surface area contributed by atoms with Crippen LogP contribution in [0.2, 0.25) is 5.02 Å². The number of hydrazine groups is 1. The summed E-state index contributed by atoms with van der Waals surface area (Å²) >= 11 is 6.25. The second-order valence-corrected chi connectivity index (χ2v) is 11.6. The molecule has 10 nitrogen and oxygen atoms in total. The van der Waals surface area contributed by atoms with E-state index in [0.717, 1.165) is 5.56 Å².